The van der Waals surface area contributed by atoms with Crippen molar-refractivity contribution in [1.29, 1.82) is 0 Å². The number of aliphatic carboxylic acids is 1. The van der Waals surface area contributed by atoms with Gasteiger partial charge in [-0.05, 0) is 6.07 Å². The van der Waals surface area contributed by atoms with Gasteiger partial charge in [-0.15, -0.1) is 0 Å². The van der Waals surface area contributed by atoms with E-state index in [9.17, 15) is 22.0 Å². The summed E-state index contributed by atoms with van der Waals surface area (Å²) in [5.41, 5.74) is -0.248. The standard InChI is InChI=1S/C9H8F2O4S/c10-7-2-1-6(8(11)3-7)4-16(14,15)5-9(12)13/h1-3H,4-5H2,(H,12,13). The molecule has 0 atom stereocenters. The average Bonchev–Trinajstić information content (AvgIpc) is 2.07. The number of rotatable bonds is 4. The summed E-state index contributed by atoms with van der Waals surface area (Å²) in [6.45, 7) is 0. The molecule has 1 N–H and O–H groups in total. The van der Waals surface area contributed by atoms with Crippen LogP contribution in [0.15, 0.2) is 18.2 Å². The van der Waals surface area contributed by atoms with E-state index in [1.807, 2.05) is 0 Å². The number of benzene rings is 1. The van der Waals surface area contributed by atoms with Crippen LogP contribution in [0.4, 0.5) is 8.78 Å². The van der Waals surface area contributed by atoms with Gasteiger partial charge < -0.3 is 5.11 Å². The van der Waals surface area contributed by atoms with Crippen LogP contribution in [0.25, 0.3) is 0 Å². The van der Waals surface area contributed by atoms with Crippen molar-refractivity contribution in [3.05, 3.63) is 35.4 Å². The number of carboxylic acid groups (broad SMARTS) is 1. The normalized spacial score (nSPS) is 11.4. The quantitative estimate of drug-likeness (QED) is 0.864. The number of hydrogen-bond donors (Lipinski definition) is 1. The molecule has 0 aliphatic heterocycles. The number of halogens is 2. The molecule has 0 saturated carbocycles. The minimum Gasteiger partial charge on any atom is -0.480 e. The van der Waals surface area contributed by atoms with Crippen LogP contribution in [0.5, 0.6) is 0 Å². The van der Waals surface area contributed by atoms with Gasteiger partial charge in [0.15, 0.2) is 9.84 Å². The first kappa shape index (κ1) is 12.6. The fourth-order valence-electron chi connectivity index (χ4n) is 1.11. The summed E-state index contributed by atoms with van der Waals surface area (Å²) in [7, 11) is -3.93. The van der Waals surface area contributed by atoms with Crippen LogP contribution in [0, 0.1) is 11.6 Å². The van der Waals surface area contributed by atoms with E-state index in [0.717, 1.165) is 12.1 Å². The van der Waals surface area contributed by atoms with E-state index >= 15 is 0 Å². The van der Waals surface area contributed by atoms with E-state index in [-0.39, 0.29) is 5.56 Å². The summed E-state index contributed by atoms with van der Waals surface area (Å²) in [4.78, 5) is 10.2. The summed E-state index contributed by atoms with van der Waals surface area (Å²) >= 11 is 0. The monoisotopic (exact) mass is 250 g/mol. The third-order valence-corrected chi connectivity index (χ3v) is 3.17. The molecule has 1 aromatic rings. The topological polar surface area (TPSA) is 71.4 Å². The van der Waals surface area contributed by atoms with Gasteiger partial charge in [-0.2, -0.15) is 0 Å². The molecular formula is C9H8F2O4S. The molecule has 88 valence electrons. The predicted molar refractivity (Wildman–Crippen MR) is 51.5 cm³/mol. The summed E-state index contributed by atoms with van der Waals surface area (Å²) in [5, 5.41) is 8.31. The second-order valence-electron chi connectivity index (χ2n) is 3.16. The van der Waals surface area contributed by atoms with Gasteiger partial charge in [-0.3, -0.25) is 4.79 Å². The van der Waals surface area contributed by atoms with E-state index in [2.05, 4.69) is 0 Å². The lowest BCUT2D eigenvalue weighted by Crippen LogP contribution is -2.17. The van der Waals surface area contributed by atoms with E-state index in [1.165, 1.54) is 0 Å². The first-order valence-corrected chi connectivity index (χ1v) is 5.98. The van der Waals surface area contributed by atoms with Crippen LogP contribution in [-0.2, 0) is 20.4 Å². The molecule has 0 fully saturated rings. The molecule has 0 radical (unpaired) electrons. The van der Waals surface area contributed by atoms with Gasteiger partial charge in [-0.1, -0.05) is 6.07 Å². The molecule has 1 aromatic carbocycles. The highest BCUT2D eigenvalue weighted by Crippen LogP contribution is 2.13. The first-order valence-electron chi connectivity index (χ1n) is 4.16. The fraction of sp³-hybridized carbons (Fsp3) is 0.222. The molecule has 0 saturated heterocycles. The van der Waals surface area contributed by atoms with Gasteiger partial charge in [-0.25, -0.2) is 17.2 Å². The van der Waals surface area contributed by atoms with Crippen LogP contribution in [0.2, 0.25) is 0 Å². The molecule has 0 amide bonds. The van der Waals surface area contributed by atoms with Gasteiger partial charge in [0, 0.05) is 11.6 Å². The van der Waals surface area contributed by atoms with E-state index in [4.69, 9.17) is 5.11 Å². The third kappa shape index (κ3) is 3.58. The predicted octanol–water partition coefficient (Wildman–Crippen LogP) is 0.964. The lowest BCUT2D eigenvalue weighted by atomic mass is 10.2. The van der Waals surface area contributed by atoms with E-state index < -0.39 is 38.9 Å². The maximum absolute atomic E-state index is 13.1. The van der Waals surface area contributed by atoms with Crippen molar-refractivity contribution < 1.29 is 27.1 Å². The lowest BCUT2D eigenvalue weighted by molar-refractivity contribution is -0.134. The number of carbonyl (C=O) groups is 1. The Balaban J connectivity index is 2.92. The van der Waals surface area contributed by atoms with Crippen molar-refractivity contribution in [2.24, 2.45) is 0 Å². The fourth-order valence-corrected chi connectivity index (χ4v) is 2.30. The van der Waals surface area contributed by atoms with Crippen molar-refractivity contribution in [3.8, 4) is 0 Å². The van der Waals surface area contributed by atoms with Gasteiger partial charge in [0.1, 0.15) is 17.4 Å². The lowest BCUT2D eigenvalue weighted by Gasteiger charge is -2.03. The number of carboxylic acids is 1. The van der Waals surface area contributed by atoms with E-state index in [0.29, 0.717) is 6.07 Å². The Bertz CT molecular complexity index is 510. The SMILES string of the molecule is O=C(O)CS(=O)(=O)Cc1ccc(F)cc1F. The molecule has 16 heavy (non-hydrogen) atoms. The number of sulfone groups is 1. The smallest absolute Gasteiger partial charge is 0.318 e. The molecule has 7 heteroatoms. The minimum absolute atomic E-state index is 0.248. The highest BCUT2D eigenvalue weighted by molar-refractivity contribution is 7.91. The minimum atomic E-state index is -3.93. The van der Waals surface area contributed by atoms with Crippen molar-refractivity contribution in [2.75, 3.05) is 5.75 Å². The van der Waals surface area contributed by atoms with Crippen molar-refractivity contribution >= 4 is 15.8 Å². The second kappa shape index (κ2) is 4.56. The van der Waals surface area contributed by atoms with Crippen molar-refractivity contribution in [3.63, 3.8) is 0 Å². The zero-order chi connectivity index (χ0) is 12.3. The average molecular weight is 250 g/mol. The Morgan fingerprint density at radius 1 is 1.31 bits per heavy atom. The molecule has 0 unspecified atom stereocenters. The summed E-state index contributed by atoms with van der Waals surface area (Å²) in [6.07, 6.45) is 0. The Morgan fingerprint density at radius 3 is 2.44 bits per heavy atom. The van der Waals surface area contributed by atoms with Gasteiger partial charge in [0.2, 0.25) is 0 Å². The largest absolute Gasteiger partial charge is 0.480 e. The maximum Gasteiger partial charge on any atom is 0.318 e. The summed E-state index contributed by atoms with van der Waals surface area (Å²) < 4.78 is 48.0. The maximum atomic E-state index is 13.1. The van der Waals surface area contributed by atoms with Crippen LogP contribution in [0.1, 0.15) is 5.56 Å². The van der Waals surface area contributed by atoms with Crippen molar-refractivity contribution in [2.45, 2.75) is 5.75 Å². The molecule has 0 spiro atoms. The molecule has 1 rings (SSSR count). The van der Waals surface area contributed by atoms with E-state index in [1.54, 1.807) is 0 Å². The van der Waals surface area contributed by atoms with Crippen LogP contribution < -0.4 is 0 Å². The van der Waals surface area contributed by atoms with Crippen LogP contribution in [-0.4, -0.2) is 25.2 Å². The zero-order valence-electron chi connectivity index (χ0n) is 7.98. The second-order valence-corrected chi connectivity index (χ2v) is 5.23. The molecule has 0 aliphatic rings. The molecule has 0 bridgehead atoms. The van der Waals surface area contributed by atoms with Crippen LogP contribution in [0.3, 0.4) is 0 Å². The third-order valence-electron chi connectivity index (χ3n) is 1.73. The molecule has 0 heterocycles. The first-order chi connectivity index (χ1) is 7.30. The number of hydrogen-bond acceptors (Lipinski definition) is 3. The van der Waals surface area contributed by atoms with Gasteiger partial charge in [0.25, 0.3) is 0 Å². The van der Waals surface area contributed by atoms with Gasteiger partial charge in [0.05, 0.1) is 5.75 Å². The van der Waals surface area contributed by atoms with Crippen molar-refractivity contribution in [1.82, 2.24) is 0 Å². The molecule has 0 aliphatic carbocycles. The molecule has 4 nitrogen and oxygen atoms in total. The Kier molecular flexibility index (Phi) is 3.58. The molecule has 0 aromatic heterocycles. The molecular weight excluding hydrogens is 242 g/mol. The van der Waals surface area contributed by atoms with Crippen LogP contribution >= 0.6 is 0 Å². The highest BCUT2D eigenvalue weighted by Gasteiger charge is 2.18. The Hall–Kier alpha value is -1.50. The van der Waals surface area contributed by atoms with Gasteiger partial charge >= 0.3 is 5.97 Å². The Morgan fingerprint density at radius 2 is 1.94 bits per heavy atom. The zero-order valence-corrected chi connectivity index (χ0v) is 8.80. The summed E-state index contributed by atoms with van der Waals surface area (Å²) in [5.74, 6) is -5.18. The Labute approximate surface area is 90.4 Å². The highest BCUT2D eigenvalue weighted by atomic mass is 32.2. The summed E-state index contributed by atoms with van der Waals surface area (Å²) in [6, 6.07) is 2.43.